The van der Waals surface area contributed by atoms with Crippen LogP contribution >= 0.6 is 23.2 Å². The van der Waals surface area contributed by atoms with Crippen molar-refractivity contribution >= 4 is 35.0 Å². The molecule has 0 saturated heterocycles. The summed E-state index contributed by atoms with van der Waals surface area (Å²) in [5, 5.41) is -0.129. The normalized spacial score (nSPS) is 11.1. The third-order valence-corrected chi connectivity index (χ3v) is 3.43. The lowest BCUT2D eigenvalue weighted by Gasteiger charge is -2.13. The Morgan fingerprint density at radius 2 is 1.54 bits per heavy atom. The Kier molecular flexibility index (Phi) is 5.13. The fraction of sp³-hybridized carbons (Fsp3) is 0.0714. The van der Waals surface area contributed by atoms with Crippen molar-refractivity contribution in [3.63, 3.8) is 0 Å². The minimum Gasteiger partial charge on any atom is -0.449 e. The molecule has 0 amide bonds. The topological polar surface area (TPSA) is 38.7 Å². The van der Waals surface area contributed by atoms with Gasteiger partial charge in [0.2, 0.25) is 6.08 Å². The van der Waals surface area contributed by atoms with Crippen molar-refractivity contribution in [1.82, 2.24) is 0 Å². The Morgan fingerprint density at radius 3 is 2.04 bits per heavy atom. The molecule has 0 atom stereocenters. The first-order chi connectivity index (χ1) is 11.1. The van der Waals surface area contributed by atoms with Gasteiger partial charge in [-0.25, -0.2) is 13.6 Å². The van der Waals surface area contributed by atoms with Crippen LogP contribution in [0.2, 0.25) is 10.0 Å². The van der Waals surface area contributed by atoms with Crippen LogP contribution < -0.4 is 4.74 Å². The predicted octanol–water partition coefficient (Wildman–Crippen LogP) is 6.05. The van der Waals surface area contributed by atoms with Crippen LogP contribution in [0.4, 0.5) is 27.6 Å². The monoisotopic (exact) mass is 383 g/mol. The van der Waals surface area contributed by atoms with Gasteiger partial charge in [-0.1, -0.05) is 23.2 Å². The first kappa shape index (κ1) is 18.2. The number of rotatable bonds is 3. The number of carbonyl (C=O) groups excluding carboxylic acids is 1. The maximum Gasteiger partial charge on any atom is 0.416 e. The minimum atomic E-state index is -4.93. The van der Waals surface area contributed by atoms with Gasteiger partial charge in [-0.3, -0.25) is 0 Å². The third kappa shape index (κ3) is 3.84. The molecule has 0 aromatic heterocycles. The summed E-state index contributed by atoms with van der Waals surface area (Å²) in [5.74, 6) is -4.72. The van der Waals surface area contributed by atoms with Gasteiger partial charge in [0.25, 0.3) is 0 Å². The predicted molar refractivity (Wildman–Crippen MR) is 75.7 cm³/mol. The number of benzene rings is 2. The molecular weight excluding hydrogens is 380 g/mol. The highest BCUT2D eigenvalue weighted by molar-refractivity contribution is 6.42. The van der Waals surface area contributed by atoms with E-state index in [1.165, 1.54) is 6.08 Å². The van der Waals surface area contributed by atoms with Crippen LogP contribution in [-0.2, 0) is 11.0 Å². The molecule has 3 nitrogen and oxygen atoms in total. The molecule has 0 radical (unpaired) electrons. The zero-order chi connectivity index (χ0) is 18.1. The zero-order valence-electron chi connectivity index (χ0n) is 11.2. The fourth-order valence-electron chi connectivity index (χ4n) is 1.67. The van der Waals surface area contributed by atoms with Gasteiger partial charge in [0.05, 0.1) is 15.6 Å². The summed E-state index contributed by atoms with van der Waals surface area (Å²) < 4.78 is 70.0. The molecule has 0 spiro atoms. The average molecular weight is 384 g/mol. The van der Waals surface area contributed by atoms with Gasteiger partial charge in [-0.2, -0.15) is 18.2 Å². The molecule has 2 rings (SSSR count). The number of hydrogen-bond donors (Lipinski definition) is 0. The molecular formula is C14H4Cl2F5NO2. The Hall–Kier alpha value is -2.15. The smallest absolute Gasteiger partial charge is 0.416 e. The van der Waals surface area contributed by atoms with E-state index in [1.54, 1.807) is 0 Å². The summed E-state index contributed by atoms with van der Waals surface area (Å²) in [5.41, 5.74) is -1.79. The molecule has 24 heavy (non-hydrogen) atoms. The summed E-state index contributed by atoms with van der Waals surface area (Å²) in [6.45, 7) is 0. The van der Waals surface area contributed by atoms with Crippen LogP contribution in [0.5, 0.6) is 11.5 Å². The van der Waals surface area contributed by atoms with Crippen molar-refractivity contribution in [2.75, 3.05) is 0 Å². The first-order valence-electron chi connectivity index (χ1n) is 5.94. The molecule has 0 fully saturated rings. The van der Waals surface area contributed by atoms with Gasteiger partial charge in [-0.15, -0.1) is 0 Å². The first-order valence-corrected chi connectivity index (χ1v) is 6.70. The molecule has 2 aromatic carbocycles. The summed E-state index contributed by atoms with van der Waals surface area (Å²) in [7, 11) is 0. The number of halogens is 7. The molecule has 0 heterocycles. The lowest BCUT2D eigenvalue weighted by Crippen LogP contribution is -2.07. The van der Waals surface area contributed by atoms with E-state index in [0.29, 0.717) is 0 Å². The molecule has 0 aliphatic rings. The zero-order valence-corrected chi connectivity index (χ0v) is 12.7. The Labute approximate surface area is 141 Å². The highest BCUT2D eigenvalue weighted by atomic mass is 35.5. The lowest BCUT2D eigenvalue weighted by molar-refractivity contribution is -0.138. The molecule has 126 valence electrons. The number of isocyanates is 1. The molecule has 0 aliphatic carbocycles. The van der Waals surface area contributed by atoms with Crippen molar-refractivity contribution in [2.24, 2.45) is 4.99 Å². The van der Waals surface area contributed by atoms with E-state index in [-0.39, 0.29) is 27.9 Å². The second-order valence-corrected chi connectivity index (χ2v) is 5.12. The molecule has 0 aliphatic heterocycles. The van der Waals surface area contributed by atoms with Crippen molar-refractivity contribution in [3.8, 4) is 11.5 Å². The molecule has 0 N–H and O–H groups in total. The van der Waals surface area contributed by atoms with Gasteiger partial charge in [0.1, 0.15) is 5.69 Å². The van der Waals surface area contributed by atoms with Crippen molar-refractivity contribution in [1.29, 1.82) is 0 Å². The number of ether oxygens (including phenoxy) is 1. The molecule has 0 unspecified atom stereocenters. The number of alkyl halides is 3. The van der Waals surface area contributed by atoms with Gasteiger partial charge in [0, 0.05) is 6.07 Å². The van der Waals surface area contributed by atoms with E-state index >= 15 is 0 Å². The molecule has 2 aromatic rings. The van der Waals surface area contributed by atoms with Gasteiger partial charge in [0.15, 0.2) is 23.1 Å². The largest absolute Gasteiger partial charge is 0.449 e. The number of hydrogen-bond acceptors (Lipinski definition) is 3. The van der Waals surface area contributed by atoms with Crippen molar-refractivity contribution in [3.05, 3.63) is 51.5 Å². The fourth-order valence-corrected chi connectivity index (χ4v) is 1.98. The highest BCUT2D eigenvalue weighted by Crippen LogP contribution is 2.41. The van der Waals surface area contributed by atoms with E-state index in [0.717, 1.165) is 12.1 Å². The van der Waals surface area contributed by atoms with Crippen LogP contribution in [0.15, 0.2) is 29.3 Å². The van der Waals surface area contributed by atoms with Gasteiger partial charge in [-0.05, 0) is 18.2 Å². The molecule has 0 saturated carbocycles. The lowest BCUT2D eigenvalue weighted by atomic mass is 10.2. The van der Waals surface area contributed by atoms with Crippen LogP contribution in [-0.4, -0.2) is 6.08 Å². The SMILES string of the molecule is O=C=Nc1cc(Cl)c(Cl)cc1Oc1c(F)cc(C(F)(F)F)cc1F. The van der Waals surface area contributed by atoms with E-state index in [2.05, 4.69) is 4.99 Å². The van der Waals surface area contributed by atoms with Crippen molar-refractivity contribution < 1.29 is 31.5 Å². The van der Waals surface area contributed by atoms with Crippen molar-refractivity contribution in [2.45, 2.75) is 6.18 Å². The average Bonchev–Trinajstić information content (AvgIpc) is 2.46. The number of nitrogens with zero attached hydrogens (tertiary/aromatic N) is 1. The molecule has 10 heteroatoms. The second kappa shape index (κ2) is 6.76. The van der Waals surface area contributed by atoms with Gasteiger partial charge < -0.3 is 4.74 Å². The summed E-state index contributed by atoms with van der Waals surface area (Å²) in [4.78, 5) is 13.6. The standard InChI is InChI=1S/C14H4Cl2F5NO2/c15-7-3-11(22-5-23)12(4-8(7)16)24-13-9(17)1-6(2-10(13)18)14(19,20)21/h1-4H. The summed E-state index contributed by atoms with van der Waals surface area (Å²) >= 11 is 11.4. The Morgan fingerprint density at radius 1 is 1.00 bits per heavy atom. The molecule has 0 bridgehead atoms. The number of aliphatic imine (C=N–C) groups is 1. The summed E-state index contributed by atoms with van der Waals surface area (Å²) in [6.07, 6.45) is -3.76. The summed E-state index contributed by atoms with van der Waals surface area (Å²) in [6, 6.07) is 2.19. The van der Waals surface area contributed by atoms with Gasteiger partial charge >= 0.3 is 6.18 Å². The van der Waals surface area contributed by atoms with E-state index in [4.69, 9.17) is 27.9 Å². The van der Waals surface area contributed by atoms with E-state index < -0.39 is 34.9 Å². The van der Waals surface area contributed by atoms with Crippen LogP contribution in [0.25, 0.3) is 0 Å². The Balaban J connectivity index is 2.53. The van der Waals surface area contributed by atoms with Crippen LogP contribution in [0, 0.1) is 11.6 Å². The quantitative estimate of drug-likeness (QED) is 0.367. The van der Waals surface area contributed by atoms with Crippen LogP contribution in [0.1, 0.15) is 5.56 Å². The third-order valence-electron chi connectivity index (χ3n) is 2.71. The maximum absolute atomic E-state index is 13.8. The van der Waals surface area contributed by atoms with Crippen LogP contribution in [0.3, 0.4) is 0 Å². The maximum atomic E-state index is 13.8. The highest BCUT2D eigenvalue weighted by Gasteiger charge is 2.33. The second-order valence-electron chi connectivity index (χ2n) is 4.31. The van der Waals surface area contributed by atoms with E-state index in [1.807, 2.05) is 0 Å². The minimum absolute atomic E-state index is 0.0358. The van der Waals surface area contributed by atoms with E-state index in [9.17, 15) is 26.7 Å². The Bertz CT molecular complexity index is 825.